The van der Waals surface area contributed by atoms with E-state index in [1.807, 2.05) is 31.2 Å². The highest BCUT2D eigenvalue weighted by Gasteiger charge is 2.53. The van der Waals surface area contributed by atoms with Gasteiger partial charge in [-0.15, -0.1) is 0 Å². The fourth-order valence-corrected chi connectivity index (χ4v) is 7.76. The van der Waals surface area contributed by atoms with Crippen LogP contribution in [0.15, 0.2) is 24.3 Å². The van der Waals surface area contributed by atoms with Crippen LogP contribution >= 0.6 is 11.6 Å². The SMILES string of the molecule is Cc1c(CN[C@H](C)C23CC4CC(CC(C4)C2)C3)c(C(=O)O)c(C)n1Cc1ccc(Cl)cc1. The molecule has 0 radical (unpaired) electrons. The summed E-state index contributed by atoms with van der Waals surface area (Å²) in [6.07, 6.45) is 8.40. The Labute approximate surface area is 196 Å². The molecule has 4 saturated carbocycles. The fraction of sp³-hybridized carbons (Fsp3) is 0.593. The number of rotatable bonds is 7. The second kappa shape index (κ2) is 8.22. The highest BCUT2D eigenvalue weighted by atomic mass is 35.5. The van der Waals surface area contributed by atoms with Gasteiger partial charge in [-0.3, -0.25) is 0 Å². The molecule has 4 nitrogen and oxygen atoms in total. The van der Waals surface area contributed by atoms with Gasteiger partial charge in [-0.1, -0.05) is 23.7 Å². The molecule has 0 unspecified atom stereocenters. The van der Waals surface area contributed by atoms with Crippen molar-refractivity contribution < 1.29 is 9.90 Å². The van der Waals surface area contributed by atoms with E-state index in [1.165, 1.54) is 38.5 Å². The molecule has 0 aliphatic heterocycles. The van der Waals surface area contributed by atoms with Crippen molar-refractivity contribution in [2.24, 2.45) is 23.2 Å². The Hall–Kier alpha value is -1.78. The summed E-state index contributed by atoms with van der Waals surface area (Å²) >= 11 is 6.04. The minimum atomic E-state index is -0.834. The fourth-order valence-electron chi connectivity index (χ4n) is 7.64. The van der Waals surface area contributed by atoms with E-state index in [9.17, 15) is 9.90 Å². The molecule has 6 rings (SSSR count). The average molecular weight is 455 g/mol. The number of carboxylic acid groups (broad SMARTS) is 1. The Balaban J connectivity index is 1.37. The lowest BCUT2D eigenvalue weighted by atomic mass is 9.48. The molecule has 4 aliphatic rings. The lowest BCUT2D eigenvalue weighted by Crippen LogP contribution is -2.54. The third-order valence-electron chi connectivity index (χ3n) is 8.97. The second-order valence-corrected chi connectivity index (χ2v) is 11.4. The maximum Gasteiger partial charge on any atom is 0.337 e. The van der Waals surface area contributed by atoms with Gasteiger partial charge in [0, 0.05) is 41.1 Å². The van der Waals surface area contributed by atoms with Gasteiger partial charge in [0.1, 0.15) is 0 Å². The molecule has 0 amide bonds. The van der Waals surface area contributed by atoms with E-state index in [-0.39, 0.29) is 0 Å². The van der Waals surface area contributed by atoms with Crippen molar-refractivity contribution in [1.82, 2.24) is 9.88 Å². The number of hydrogen-bond donors (Lipinski definition) is 2. The van der Waals surface area contributed by atoms with Crippen molar-refractivity contribution in [2.45, 2.75) is 78.4 Å². The molecule has 1 aromatic heterocycles. The highest BCUT2D eigenvalue weighted by Crippen LogP contribution is 2.61. The molecule has 0 saturated heterocycles. The first-order valence-corrected chi connectivity index (χ1v) is 12.5. The molecule has 4 bridgehead atoms. The zero-order valence-electron chi connectivity index (χ0n) is 19.5. The number of carbonyl (C=O) groups is 1. The third kappa shape index (κ3) is 3.80. The van der Waals surface area contributed by atoms with Crippen molar-refractivity contribution in [1.29, 1.82) is 0 Å². The van der Waals surface area contributed by atoms with Crippen molar-refractivity contribution in [2.75, 3.05) is 0 Å². The minimum absolute atomic E-state index is 0.410. The number of carboxylic acids is 1. The van der Waals surface area contributed by atoms with Gasteiger partial charge >= 0.3 is 5.97 Å². The maximum atomic E-state index is 12.2. The number of nitrogens with one attached hydrogen (secondary N) is 1. The average Bonchev–Trinajstić information content (AvgIpc) is 2.96. The zero-order chi connectivity index (χ0) is 22.6. The molecule has 5 heteroatoms. The number of aromatic carboxylic acids is 1. The summed E-state index contributed by atoms with van der Waals surface area (Å²) < 4.78 is 2.14. The van der Waals surface area contributed by atoms with Crippen LogP contribution in [0.1, 0.15) is 78.3 Å². The van der Waals surface area contributed by atoms with Crippen LogP contribution in [0, 0.1) is 37.0 Å². The van der Waals surface area contributed by atoms with Crippen LogP contribution in [0.5, 0.6) is 0 Å². The number of hydrogen-bond acceptors (Lipinski definition) is 2. The highest BCUT2D eigenvalue weighted by molar-refractivity contribution is 6.30. The Morgan fingerprint density at radius 2 is 1.66 bits per heavy atom. The predicted molar refractivity (Wildman–Crippen MR) is 128 cm³/mol. The number of halogens is 1. The molecule has 1 aromatic carbocycles. The summed E-state index contributed by atoms with van der Waals surface area (Å²) in [4.78, 5) is 12.2. The Bertz CT molecular complexity index is 988. The van der Waals surface area contributed by atoms with Crippen LogP contribution in [0.2, 0.25) is 5.02 Å². The van der Waals surface area contributed by atoms with Gasteiger partial charge in [0.2, 0.25) is 0 Å². The van der Waals surface area contributed by atoms with Gasteiger partial charge in [0.05, 0.1) is 5.56 Å². The predicted octanol–water partition coefficient (Wildman–Crippen LogP) is 6.20. The van der Waals surface area contributed by atoms with Gasteiger partial charge in [-0.2, -0.15) is 0 Å². The molecular weight excluding hydrogens is 420 g/mol. The molecule has 0 spiro atoms. The number of aromatic nitrogens is 1. The monoisotopic (exact) mass is 454 g/mol. The van der Waals surface area contributed by atoms with Crippen molar-refractivity contribution >= 4 is 17.6 Å². The van der Waals surface area contributed by atoms with E-state index < -0.39 is 5.97 Å². The van der Waals surface area contributed by atoms with E-state index in [0.29, 0.717) is 35.1 Å². The number of nitrogens with zero attached hydrogens (tertiary/aromatic N) is 1. The lowest BCUT2D eigenvalue weighted by molar-refractivity contribution is -0.0706. The summed E-state index contributed by atoms with van der Waals surface area (Å²) in [5, 5.41) is 14.5. The van der Waals surface area contributed by atoms with E-state index in [0.717, 1.165) is 40.3 Å². The molecular formula is C27H35ClN2O2. The standard InChI is InChI=1S/C27H35ClN2O2/c1-16-24(14-29-18(3)27-11-20-8-21(12-27)10-22(9-20)13-27)25(26(31)32)17(2)30(16)15-19-4-6-23(28)7-5-19/h4-7,18,20-22,29H,8-15H2,1-3H3,(H,31,32)/t18-,20?,21?,22?,27?/m1/s1. The van der Waals surface area contributed by atoms with E-state index in [2.05, 4.69) is 23.7 Å². The van der Waals surface area contributed by atoms with Crippen LogP contribution in [0.4, 0.5) is 0 Å². The molecule has 1 atom stereocenters. The molecule has 32 heavy (non-hydrogen) atoms. The molecule has 4 aliphatic carbocycles. The van der Waals surface area contributed by atoms with Crippen LogP contribution in [-0.4, -0.2) is 21.7 Å². The van der Waals surface area contributed by atoms with E-state index in [4.69, 9.17) is 11.6 Å². The van der Waals surface area contributed by atoms with Gasteiger partial charge in [0.15, 0.2) is 0 Å². The maximum absolute atomic E-state index is 12.2. The first-order valence-electron chi connectivity index (χ1n) is 12.2. The first-order chi connectivity index (χ1) is 15.3. The van der Waals surface area contributed by atoms with Crippen molar-refractivity contribution in [3.8, 4) is 0 Å². The largest absolute Gasteiger partial charge is 0.478 e. The summed E-state index contributed by atoms with van der Waals surface area (Å²) in [6.45, 7) is 7.60. The molecule has 4 fully saturated rings. The third-order valence-corrected chi connectivity index (χ3v) is 9.22. The Morgan fingerprint density at radius 3 is 2.19 bits per heavy atom. The molecule has 172 valence electrons. The van der Waals surface area contributed by atoms with Crippen LogP contribution in [0.3, 0.4) is 0 Å². The topological polar surface area (TPSA) is 54.3 Å². The second-order valence-electron chi connectivity index (χ2n) is 10.9. The van der Waals surface area contributed by atoms with Gasteiger partial charge < -0.3 is 15.0 Å². The number of benzene rings is 1. The summed E-state index contributed by atoms with van der Waals surface area (Å²) in [5.41, 5.74) is 4.79. The van der Waals surface area contributed by atoms with E-state index >= 15 is 0 Å². The van der Waals surface area contributed by atoms with Gasteiger partial charge in [-0.25, -0.2) is 4.79 Å². The Kier molecular flexibility index (Phi) is 5.66. The quantitative estimate of drug-likeness (QED) is 0.523. The Morgan fingerprint density at radius 1 is 1.09 bits per heavy atom. The smallest absolute Gasteiger partial charge is 0.337 e. The zero-order valence-corrected chi connectivity index (χ0v) is 20.2. The van der Waals surface area contributed by atoms with Crippen molar-refractivity contribution in [3.63, 3.8) is 0 Å². The summed E-state index contributed by atoms with van der Waals surface area (Å²) in [7, 11) is 0. The van der Waals surface area contributed by atoms with E-state index in [1.54, 1.807) is 0 Å². The lowest BCUT2D eigenvalue weighted by Gasteiger charge is -2.59. The van der Waals surface area contributed by atoms with Gasteiger partial charge in [0.25, 0.3) is 0 Å². The minimum Gasteiger partial charge on any atom is -0.478 e. The van der Waals surface area contributed by atoms with Crippen LogP contribution in [-0.2, 0) is 13.1 Å². The summed E-state index contributed by atoms with van der Waals surface area (Å²) in [5.74, 6) is 1.93. The normalized spacial score (nSPS) is 29.4. The van der Waals surface area contributed by atoms with Crippen molar-refractivity contribution in [3.05, 3.63) is 57.4 Å². The first kappa shape index (κ1) is 22.0. The van der Waals surface area contributed by atoms with Crippen LogP contribution < -0.4 is 5.32 Å². The summed E-state index contributed by atoms with van der Waals surface area (Å²) in [6, 6.07) is 8.21. The molecule has 2 N–H and O–H groups in total. The van der Waals surface area contributed by atoms with Gasteiger partial charge in [-0.05, 0) is 100 Å². The molecule has 2 aromatic rings. The van der Waals surface area contributed by atoms with Crippen LogP contribution in [0.25, 0.3) is 0 Å². The molecule has 1 heterocycles.